The van der Waals surface area contributed by atoms with E-state index in [0.717, 1.165) is 5.56 Å². The molecule has 126 valence electrons. The first-order valence-corrected chi connectivity index (χ1v) is 7.78. The Kier molecular flexibility index (Phi) is 5.52. The van der Waals surface area contributed by atoms with E-state index < -0.39 is 0 Å². The molecule has 1 aromatic carbocycles. The number of hydrogen-bond donors (Lipinski definition) is 3. The number of nitrogen functional groups attached to an aromatic ring is 1. The van der Waals surface area contributed by atoms with E-state index in [1.54, 1.807) is 30.3 Å². The van der Waals surface area contributed by atoms with E-state index in [1.807, 2.05) is 20.8 Å². The minimum atomic E-state index is -0.246. The van der Waals surface area contributed by atoms with Gasteiger partial charge in [0.25, 0.3) is 5.91 Å². The van der Waals surface area contributed by atoms with Crippen LogP contribution in [0.25, 0.3) is 0 Å². The zero-order valence-corrected chi connectivity index (χ0v) is 14.1. The molecule has 6 nitrogen and oxygen atoms in total. The Hall–Kier alpha value is -2.89. The summed E-state index contributed by atoms with van der Waals surface area (Å²) >= 11 is 0. The second-order valence-electron chi connectivity index (χ2n) is 6.10. The summed E-state index contributed by atoms with van der Waals surface area (Å²) in [6.07, 6.45) is 1.96. The number of nitrogens with one attached hydrogen (secondary N) is 2. The van der Waals surface area contributed by atoms with Crippen LogP contribution in [0, 0.1) is 12.8 Å². The number of rotatable bonds is 5. The summed E-state index contributed by atoms with van der Waals surface area (Å²) in [6, 6.07) is 8.47. The Bertz CT molecular complexity index is 739. The molecule has 0 saturated carbocycles. The summed E-state index contributed by atoms with van der Waals surface area (Å²) in [7, 11) is 0. The van der Waals surface area contributed by atoms with Crippen molar-refractivity contribution in [1.82, 2.24) is 4.98 Å². The van der Waals surface area contributed by atoms with E-state index in [9.17, 15) is 9.59 Å². The van der Waals surface area contributed by atoms with Gasteiger partial charge in [-0.2, -0.15) is 0 Å². The third-order valence-corrected chi connectivity index (χ3v) is 3.40. The van der Waals surface area contributed by atoms with Crippen LogP contribution in [0.15, 0.2) is 36.5 Å². The van der Waals surface area contributed by atoms with Gasteiger partial charge in [0.15, 0.2) is 0 Å². The SMILES string of the molecule is Cc1cc(C(=O)Nc2ccc(N)nc2)ccc1NC(=O)CC(C)C. The average molecular weight is 326 g/mol. The molecule has 0 aliphatic carbocycles. The lowest BCUT2D eigenvalue weighted by atomic mass is 10.1. The lowest BCUT2D eigenvalue weighted by Crippen LogP contribution is -2.16. The van der Waals surface area contributed by atoms with Crippen LogP contribution in [0.4, 0.5) is 17.2 Å². The van der Waals surface area contributed by atoms with Crippen LogP contribution in [0.2, 0.25) is 0 Å². The van der Waals surface area contributed by atoms with E-state index in [1.165, 1.54) is 6.20 Å². The number of benzene rings is 1. The third-order valence-electron chi connectivity index (χ3n) is 3.40. The number of nitrogens with two attached hydrogens (primary N) is 1. The fourth-order valence-electron chi connectivity index (χ4n) is 2.20. The summed E-state index contributed by atoms with van der Waals surface area (Å²) in [5.74, 6) is 0.414. The van der Waals surface area contributed by atoms with Crippen LogP contribution in [0.3, 0.4) is 0 Å². The zero-order valence-electron chi connectivity index (χ0n) is 14.1. The molecule has 0 unspecified atom stereocenters. The van der Waals surface area contributed by atoms with E-state index >= 15 is 0 Å². The Morgan fingerprint density at radius 2 is 1.92 bits per heavy atom. The Morgan fingerprint density at radius 1 is 1.17 bits per heavy atom. The largest absolute Gasteiger partial charge is 0.384 e. The van der Waals surface area contributed by atoms with E-state index in [0.29, 0.717) is 35.1 Å². The van der Waals surface area contributed by atoms with Gasteiger partial charge in [-0.15, -0.1) is 0 Å². The maximum Gasteiger partial charge on any atom is 0.255 e. The molecule has 24 heavy (non-hydrogen) atoms. The Balaban J connectivity index is 2.06. The highest BCUT2D eigenvalue weighted by molar-refractivity contribution is 6.05. The minimum absolute atomic E-state index is 0.0294. The molecule has 0 fully saturated rings. The lowest BCUT2D eigenvalue weighted by Gasteiger charge is -2.11. The topological polar surface area (TPSA) is 97.1 Å². The minimum Gasteiger partial charge on any atom is -0.384 e. The second kappa shape index (κ2) is 7.59. The first kappa shape index (κ1) is 17.5. The number of aromatic nitrogens is 1. The maximum absolute atomic E-state index is 12.3. The van der Waals surface area contributed by atoms with E-state index in [4.69, 9.17) is 5.73 Å². The standard InChI is InChI=1S/C18H22N4O2/c1-11(2)8-17(23)22-15-6-4-13(9-12(15)3)18(24)21-14-5-7-16(19)20-10-14/h4-7,9-11H,8H2,1-3H3,(H2,19,20)(H,21,24)(H,22,23). The molecule has 2 amide bonds. The first-order chi connectivity index (χ1) is 11.3. The summed E-state index contributed by atoms with van der Waals surface area (Å²) in [6.45, 7) is 5.84. The molecule has 0 aliphatic rings. The van der Waals surface area contributed by atoms with Gasteiger partial charge < -0.3 is 16.4 Å². The monoisotopic (exact) mass is 326 g/mol. The van der Waals surface area contributed by atoms with Crippen molar-refractivity contribution < 1.29 is 9.59 Å². The van der Waals surface area contributed by atoms with Crippen LogP contribution < -0.4 is 16.4 Å². The van der Waals surface area contributed by atoms with Gasteiger partial charge in [0.2, 0.25) is 5.91 Å². The summed E-state index contributed by atoms with van der Waals surface area (Å²) in [5, 5.41) is 5.62. The number of aryl methyl sites for hydroxylation is 1. The fourth-order valence-corrected chi connectivity index (χ4v) is 2.20. The Morgan fingerprint density at radius 3 is 2.50 bits per heavy atom. The molecule has 1 heterocycles. The number of amides is 2. The third kappa shape index (κ3) is 4.81. The number of pyridine rings is 1. The number of carbonyl (C=O) groups is 2. The number of anilines is 3. The highest BCUT2D eigenvalue weighted by atomic mass is 16.2. The molecule has 6 heteroatoms. The smallest absolute Gasteiger partial charge is 0.255 e. The molecule has 2 aromatic rings. The molecule has 4 N–H and O–H groups in total. The van der Waals surface area contributed by atoms with Gasteiger partial charge in [0.05, 0.1) is 11.9 Å². The molecule has 0 bridgehead atoms. The van der Waals surface area contributed by atoms with E-state index in [2.05, 4.69) is 15.6 Å². The summed E-state index contributed by atoms with van der Waals surface area (Å²) in [5.41, 5.74) is 8.14. The highest BCUT2D eigenvalue weighted by Gasteiger charge is 2.11. The van der Waals surface area contributed by atoms with Crippen LogP contribution >= 0.6 is 0 Å². The van der Waals surface area contributed by atoms with Crippen molar-refractivity contribution in [2.24, 2.45) is 5.92 Å². The number of hydrogen-bond acceptors (Lipinski definition) is 4. The average Bonchev–Trinajstić information content (AvgIpc) is 2.50. The van der Waals surface area contributed by atoms with Crippen molar-refractivity contribution in [3.05, 3.63) is 47.7 Å². The molecule has 0 atom stereocenters. The predicted molar refractivity (Wildman–Crippen MR) is 95.9 cm³/mol. The van der Waals surface area contributed by atoms with Gasteiger partial charge in [0, 0.05) is 17.7 Å². The van der Waals surface area contributed by atoms with Crippen molar-refractivity contribution in [3.63, 3.8) is 0 Å². The van der Waals surface area contributed by atoms with Crippen molar-refractivity contribution >= 4 is 29.0 Å². The molecule has 0 spiro atoms. The van der Waals surface area contributed by atoms with Gasteiger partial charge in [-0.1, -0.05) is 13.8 Å². The molecular weight excluding hydrogens is 304 g/mol. The maximum atomic E-state index is 12.3. The second-order valence-corrected chi connectivity index (χ2v) is 6.10. The molecule has 0 radical (unpaired) electrons. The van der Waals surface area contributed by atoms with Gasteiger partial charge in [-0.3, -0.25) is 9.59 Å². The quantitative estimate of drug-likeness (QED) is 0.786. The molecule has 0 aliphatic heterocycles. The molecule has 0 saturated heterocycles. The van der Waals surface area contributed by atoms with E-state index in [-0.39, 0.29) is 11.8 Å². The van der Waals surface area contributed by atoms with Crippen LogP contribution in [-0.4, -0.2) is 16.8 Å². The molecule has 2 rings (SSSR count). The van der Waals surface area contributed by atoms with Crippen molar-refractivity contribution in [3.8, 4) is 0 Å². The van der Waals surface area contributed by atoms with Crippen molar-refractivity contribution in [1.29, 1.82) is 0 Å². The Labute approximate surface area is 141 Å². The van der Waals surface area contributed by atoms with Crippen LogP contribution in [0.1, 0.15) is 36.2 Å². The highest BCUT2D eigenvalue weighted by Crippen LogP contribution is 2.18. The number of carbonyl (C=O) groups excluding carboxylic acids is 2. The normalized spacial score (nSPS) is 10.5. The molecular formula is C18H22N4O2. The van der Waals surface area contributed by atoms with Gasteiger partial charge in [-0.05, 0) is 48.7 Å². The van der Waals surface area contributed by atoms with Gasteiger partial charge >= 0.3 is 0 Å². The van der Waals surface area contributed by atoms with Crippen molar-refractivity contribution in [2.75, 3.05) is 16.4 Å². The van der Waals surface area contributed by atoms with Crippen molar-refractivity contribution in [2.45, 2.75) is 27.2 Å². The fraction of sp³-hybridized carbons (Fsp3) is 0.278. The van der Waals surface area contributed by atoms with Crippen LogP contribution in [0.5, 0.6) is 0 Å². The molecule has 1 aromatic heterocycles. The number of nitrogens with zero attached hydrogens (tertiary/aromatic N) is 1. The summed E-state index contributed by atoms with van der Waals surface area (Å²) in [4.78, 5) is 28.1. The van der Waals surface area contributed by atoms with Crippen LogP contribution in [-0.2, 0) is 4.79 Å². The lowest BCUT2D eigenvalue weighted by molar-refractivity contribution is -0.116. The first-order valence-electron chi connectivity index (χ1n) is 7.78. The van der Waals surface area contributed by atoms with Gasteiger partial charge in [0.1, 0.15) is 5.82 Å². The zero-order chi connectivity index (χ0) is 17.7. The summed E-state index contributed by atoms with van der Waals surface area (Å²) < 4.78 is 0. The van der Waals surface area contributed by atoms with Gasteiger partial charge in [-0.25, -0.2) is 4.98 Å². The predicted octanol–water partition coefficient (Wildman–Crippen LogP) is 3.21.